The molecule has 0 atom stereocenters. The number of aliphatic carboxylic acids is 1. The van der Waals surface area contributed by atoms with Crippen molar-refractivity contribution in [2.45, 2.75) is 6.42 Å². The number of hydrogen-bond acceptors (Lipinski definition) is 4. The first-order valence-corrected chi connectivity index (χ1v) is 4.07. The van der Waals surface area contributed by atoms with Gasteiger partial charge in [0.25, 0.3) is 0 Å². The van der Waals surface area contributed by atoms with Crippen LogP contribution in [0, 0.1) is 0 Å². The molecule has 1 rings (SSSR count). The maximum absolute atomic E-state index is 10.2. The van der Waals surface area contributed by atoms with Crippen LogP contribution < -0.4 is 5.43 Å². The Morgan fingerprint density at radius 3 is 2.75 bits per heavy atom. The highest BCUT2D eigenvalue weighted by Crippen LogP contribution is 1.91. The van der Waals surface area contributed by atoms with Crippen molar-refractivity contribution in [1.29, 1.82) is 0 Å². The van der Waals surface area contributed by atoms with Gasteiger partial charge in [0.1, 0.15) is 0 Å². The van der Waals surface area contributed by atoms with Crippen molar-refractivity contribution in [3.63, 3.8) is 0 Å². The number of morpholine rings is 1. The number of carbonyl (C=O) groups is 1. The van der Waals surface area contributed by atoms with Gasteiger partial charge < -0.3 is 9.84 Å². The van der Waals surface area contributed by atoms with E-state index in [0.29, 0.717) is 6.54 Å². The van der Waals surface area contributed by atoms with Crippen molar-refractivity contribution in [3.05, 3.63) is 0 Å². The lowest BCUT2D eigenvalue weighted by Gasteiger charge is -2.26. The third-order valence-electron chi connectivity index (χ3n) is 1.69. The van der Waals surface area contributed by atoms with E-state index in [2.05, 4.69) is 5.43 Å². The Kier molecular flexibility index (Phi) is 3.99. The first-order chi connectivity index (χ1) is 5.79. The topological polar surface area (TPSA) is 61.8 Å². The van der Waals surface area contributed by atoms with Gasteiger partial charge in [-0.2, -0.15) is 0 Å². The maximum Gasteiger partial charge on any atom is 0.304 e. The zero-order valence-electron chi connectivity index (χ0n) is 6.95. The Morgan fingerprint density at radius 2 is 2.17 bits per heavy atom. The average molecular weight is 174 g/mol. The van der Waals surface area contributed by atoms with Crippen LogP contribution in [0.5, 0.6) is 0 Å². The van der Waals surface area contributed by atoms with Gasteiger partial charge in [-0.1, -0.05) is 0 Å². The summed E-state index contributed by atoms with van der Waals surface area (Å²) in [6.07, 6.45) is 0.164. The molecule has 0 amide bonds. The highest BCUT2D eigenvalue weighted by Gasteiger charge is 2.09. The van der Waals surface area contributed by atoms with Crippen LogP contribution in [-0.2, 0) is 9.53 Å². The summed E-state index contributed by atoms with van der Waals surface area (Å²) in [4.78, 5) is 10.2. The van der Waals surface area contributed by atoms with E-state index in [0.717, 1.165) is 26.3 Å². The minimum absolute atomic E-state index is 0.164. The van der Waals surface area contributed by atoms with Gasteiger partial charge in [-0.15, -0.1) is 0 Å². The number of hydrazine groups is 1. The minimum atomic E-state index is -0.768. The zero-order chi connectivity index (χ0) is 8.81. The second-order valence-corrected chi connectivity index (χ2v) is 2.65. The summed E-state index contributed by atoms with van der Waals surface area (Å²) >= 11 is 0. The molecule has 0 spiro atoms. The molecule has 0 unspecified atom stereocenters. The highest BCUT2D eigenvalue weighted by molar-refractivity contribution is 5.66. The number of hydrogen-bond donors (Lipinski definition) is 2. The summed E-state index contributed by atoms with van der Waals surface area (Å²) in [5.74, 6) is -0.768. The lowest BCUT2D eigenvalue weighted by atomic mass is 10.4. The summed E-state index contributed by atoms with van der Waals surface area (Å²) in [6.45, 7) is 3.61. The van der Waals surface area contributed by atoms with Crippen LogP contribution in [0.4, 0.5) is 0 Å². The third-order valence-corrected chi connectivity index (χ3v) is 1.69. The normalized spacial score (nSPS) is 19.3. The quantitative estimate of drug-likeness (QED) is 0.590. The Morgan fingerprint density at radius 1 is 1.50 bits per heavy atom. The summed E-state index contributed by atoms with van der Waals surface area (Å²) < 4.78 is 5.13. The van der Waals surface area contributed by atoms with Crippen LogP contribution in [0.1, 0.15) is 6.42 Å². The van der Waals surface area contributed by atoms with E-state index in [1.54, 1.807) is 0 Å². The molecule has 2 N–H and O–H groups in total. The first kappa shape index (κ1) is 9.44. The summed E-state index contributed by atoms with van der Waals surface area (Å²) in [7, 11) is 0. The fraction of sp³-hybridized carbons (Fsp3) is 0.857. The number of ether oxygens (including phenoxy) is 1. The van der Waals surface area contributed by atoms with E-state index in [9.17, 15) is 4.79 Å². The molecular formula is C7H14N2O3. The van der Waals surface area contributed by atoms with Crippen molar-refractivity contribution in [2.24, 2.45) is 0 Å². The number of rotatable bonds is 4. The number of carboxylic acid groups (broad SMARTS) is 1. The van der Waals surface area contributed by atoms with Crippen LogP contribution in [0.25, 0.3) is 0 Å². The predicted octanol–water partition coefficient (Wildman–Crippen LogP) is -0.702. The summed E-state index contributed by atoms with van der Waals surface area (Å²) in [5.41, 5.74) is 3.03. The SMILES string of the molecule is O=C(O)CCNN1CCOCC1. The predicted molar refractivity (Wildman–Crippen MR) is 42.6 cm³/mol. The molecule has 5 nitrogen and oxygen atoms in total. The van der Waals surface area contributed by atoms with E-state index in [1.807, 2.05) is 5.01 Å². The molecule has 70 valence electrons. The summed E-state index contributed by atoms with van der Waals surface area (Å²) in [5, 5.41) is 10.4. The van der Waals surface area contributed by atoms with Crippen LogP contribution in [0.3, 0.4) is 0 Å². The molecular weight excluding hydrogens is 160 g/mol. The lowest BCUT2D eigenvalue weighted by molar-refractivity contribution is -0.137. The Balaban J connectivity index is 2.01. The van der Waals surface area contributed by atoms with Gasteiger partial charge in [-0.25, -0.2) is 5.01 Å². The fourth-order valence-electron chi connectivity index (χ4n) is 1.04. The van der Waals surface area contributed by atoms with Crippen LogP contribution in [0.15, 0.2) is 0 Å². The molecule has 5 heteroatoms. The van der Waals surface area contributed by atoms with Crippen molar-refractivity contribution in [2.75, 3.05) is 32.8 Å². The largest absolute Gasteiger partial charge is 0.481 e. The fourth-order valence-corrected chi connectivity index (χ4v) is 1.04. The second-order valence-electron chi connectivity index (χ2n) is 2.65. The van der Waals surface area contributed by atoms with E-state index in [4.69, 9.17) is 9.84 Å². The smallest absolute Gasteiger partial charge is 0.304 e. The molecule has 0 aromatic rings. The van der Waals surface area contributed by atoms with Gasteiger partial charge in [-0.05, 0) is 0 Å². The highest BCUT2D eigenvalue weighted by atomic mass is 16.5. The van der Waals surface area contributed by atoms with Gasteiger partial charge in [0.15, 0.2) is 0 Å². The van der Waals surface area contributed by atoms with Crippen LogP contribution >= 0.6 is 0 Å². The molecule has 1 heterocycles. The zero-order valence-corrected chi connectivity index (χ0v) is 6.95. The van der Waals surface area contributed by atoms with Gasteiger partial charge in [0.05, 0.1) is 19.6 Å². The molecule has 0 saturated carbocycles. The van der Waals surface area contributed by atoms with Crippen molar-refractivity contribution < 1.29 is 14.6 Å². The molecule has 1 saturated heterocycles. The molecule has 0 radical (unpaired) electrons. The molecule has 1 aliphatic rings. The van der Waals surface area contributed by atoms with Crippen molar-refractivity contribution >= 4 is 5.97 Å². The first-order valence-electron chi connectivity index (χ1n) is 4.07. The van der Waals surface area contributed by atoms with Gasteiger partial charge >= 0.3 is 5.97 Å². The van der Waals surface area contributed by atoms with Crippen LogP contribution in [0.2, 0.25) is 0 Å². The van der Waals surface area contributed by atoms with E-state index >= 15 is 0 Å². The van der Waals surface area contributed by atoms with E-state index in [-0.39, 0.29) is 6.42 Å². The minimum Gasteiger partial charge on any atom is -0.481 e. The van der Waals surface area contributed by atoms with Crippen molar-refractivity contribution in [1.82, 2.24) is 10.4 Å². The molecule has 1 aliphatic heterocycles. The molecule has 12 heavy (non-hydrogen) atoms. The Bertz CT molecular complexity index is 146. The van der Waals surface area contributed by atoms with Gasteiger partial charge in [0.2, 0.25) is 0 Å². The number of nitrogens with one attached hydrogen (secondary N) is 1. The average Bonchev–Trinajstić information content (AvgIpc) is 2.05. The monoisotopic (exact) mass is 174 g/mol. The standard InChI is InChI=1S/C7H14N2O3/c10-7(11)1-2-8-9-3-5-12-6-4-9/h8H,1-6H2,(H,10,11). The molecule has 1 fully saturated rings. The van der Waals surface area contributed by atoms with Crippen molar-refractivity contribution in [3.8, 4) is 0 Å². The molecule has 0 bridgehead atoms. The molecule has 0 aliphatic carbocycles. The van der Waals surface area contributed by atoms with Gasteiger partial charge in [0, 0.05) is 19.6 Å². The molecule has 0 aromatic heterocycles. The Labute approximate surface area is 71.3 Å². The third kappa shape index (κ3) is 3.66. The lowest BCUT2D eigenvalue weighted by Crippen LogP contribution is -2.46. The van der Waals surface area contributed by atoms with Gasteiger partial charge in [-0.3, -0.25) is 10.2 Å². The maximum atomic E-state index is 10.2. The van der Waals surface area contributed by atoms with E-state index < -0.39 is 5.97 Å². The van der Waals surface area contributed by atoms with E-state index in [1.165, 1.54) is 0 Å². The van der Waals surface area contributed by atoms with Crippen LogP contribution in [-0.4, -0.2) is 48.9 Å². The number of carboxylic acids is 1. The Hall–Kier alpha value is -0.650. The second kappa shape index (κ2) is 5.08. The molecule has 0 aromatic carbocycles. The number of nitrogens with zero attached hydrogens (tertiary/aromatic N) is 1. The summed E-state index contributed by atoms with van der Waals surface area (Å²) in [6, 6.07) is 0.